The molecule has 0 radical (unpaired) electrons. The summed E-state index contributed by atoms with van der Waals surface area (Å²) >= 11 is 0. The highest BCUT2D eigenvalue weighted by Crippen LogP contribution is 2.52. The van der Waals surface area contributed by atoms with Crippen LogP contribution in [0.3, 0.4) is 0 Å². The minimum absolute atomic E-state index is 0.0857. The lowest BCUT2D eigenvalue weighted by molar-refractivity contribution is 0.660. The Hall–Kier alpha value is -6.38. The number of aromatic nitrogens is 2. The zero-order valence-corrected chi connectivity index (χ0v) is 28.6. The zero-order chi connectivity index (χ0) is 34.1. The smallest absolute Gasteiger partial charge is 0.160 e. The Morgan fingerprint density at radius 2 is 1.02 bits per heavy atom. The second kappa shape index (κ2) is 11.3. The molecule has 0 amide bonds. The van der Waals surface area contributed by atoms with Gasteiger partial charge in [-0.3, -0.25) is 0 Å². The van der Waals surface area contributed by atoms with Crippen LogP contribution in [0.1, 0.15) is 25.0 Å². The molecule has 0 saturated heterocycles. The van der Waals surface area contributed by atoms with Crippen molar-refractivity contribution in [2.45, 2.75) is 19.3 Å². The van der Waals surface area contributed by atoms with E-state index in [9.17, 15) is 0 Å². The second-order valence-corrected chi connectivity index (χ2v) is 14.2. The van der Waals surface area contributed by atoms with Gasteiger partial charge in [-0.05, 0) is 83.9 Å². The Kier molecular flexibility index (Phi) is 6.56. The Bertz CT molecular complexity index is 2810. The average molecular weight is 651 g/mol. The van der Waals surface area contributed by atoms with Crippen LogP contribution in [-0.4, -0.2) is 9.97 Å². The fourth-order valence-corrected chi connectivity index (χ4v) is 8.27. The van der Waals surface area contributed by atoms with Gasteiger partial charge < -0.3 is 0 Å². The van der Waals surface area contributed by atoms with Gasteiger partial charge >= 0.3 is 0 Å². The fraction of sp³-hybridized carbons (Fsp3) is 0.0612. The van der Waals surface area contributed by atoms with Crippen molar-refractivity contribution in [1.82, 2.24) is 9.97 Å². The minimum Gasteiger partial charge on any atom is -0.228 e. The normalized spacial score (nSPS) is 13.1. The molecule has 0 fully saturated rings. The lowest BCUT2D eigenvalue weighted by Gasteiger charge is -2.21. The van der Waals surface area contributed by atoms with Gasteiger partial charge in [-0.1, -0.05) is 166 Å². The number of hydrogen-bond donors (Lipinski definition) is 0. The molecule has 51 heavy (non-hydrogen) atoms. The summed E-state index contributed by atoms with van der Waals surface area (Å²) in [7, 11) is 0. The Morgan fingerprint density at radius 3 is 1.86 bits per heavy atom. The highest BCUT2D eigenvalue weighted by molar-refractivity contribution is 6.15. The number of hydrogen-bond acceptors (Lipinski definition) is 2. The largest absolute Gasteiger partial charge is 0.228 e. The summed E-state index contributed by atoms with van der Waals surface area (Å²) in [5, 5.41) is 7.60. The van der Waals surface area contributed by atoms with Crippen molar-refractivity contribution >= 4 is 32.3 Å². The minimum atomic E-state index is -0.0857. The van der Waals surface area contributed by atoms with E-state index in [0.717, 1.165) is 33.9 Å². The van der Waals surface area contributed by atoms with Gasteiger partial charge in [-0.25, -0.2) is 9.97 Å². The maximum atomic E-state index is 5.23. The monoisotopic (exact) mass is 650 g/mol. The summed E-state index contributed by atoms with van der Waals surface area (Å²) in [4.78, 5) is 10.4. The predicted molar refractivity (Wildman–Crippen MR) is 214 cm³/mol. The molecule has 9 aromatic rings. The molecule has 0 atom stereocenters. The molecule has 0 unspecified atom stereocenters. The van der Waals surface area contributed by atoms with Crippen molar-refractivity contribution in [2.75, 3.05) is 0 Å². The first-order chi connectivity index (χ1) is 25.0. The van der Waals surface area contributed by atoms with Crippen molar-refractivity contribution in [3.63, 3.8) is 0 Å². The highest BCUT2D eigenvalue weighted by Gasteiger charge is 2.36. The molecule has 1 aliphatic rings. The van der Waals surface area contributed by atoms with E-state index in [-0.39, 0.29) is 5.41 Å². The van der Waals surface area contributed by atoms with Crippen LogP contribution in [0.15, 0.2) is 170 Å². The summed E-state index contributed by atoms with van der Waals surface area (Å²) in [5.41, 5.74) is 12.6. The van der Waals surface area contributed by atoms with E-state index in [1.54, 1.807) is 0 Å². The average Bonchev–Trinajstić information content (AvgIpc) is 3.43. The third-order valence-corrected chi connectivity index (χ3v) is 10.9. The van der Waals surface area contributed by atoms with Gasteiger partial charge in [0.15, 0.2) is 5.82 Å². The molecular formula is C49H34N2. The van der Waals surface area contributed by atoms with Crippen LogP contribution in [0, 0.1) is 0 Å². The molecule has 1 aliphatic carbocycles. The molecule has 2 heteroatoms. The van der Waals surface area contributed by atoms with Crippen molar-refractivity contribution in [3.05, 3.63) is 181 Å². The molecule has 1 aromatic heterocycles. The maximum absolute atomic E-state index is 5.23. The second-order valence-electron chi connectivity index (χ2n) is 14.2. The Labute approximate surface area is 297 Å². The van der Waals surface area contributed by atoms with Crippen LogP contribution in [0.25, 0.3) is 88.5 Å². The third kappa shape index (κ3) is 4.71. The summed E-state index contributed by atoms with van der Waals surface area (Å²) in [5.74, 6) is 0.726. The molecule has 8 aromatic carbocycles. The first-order valence-corrected chi connectivity index (χ1v) is 17.7. The fourth-order valence-electron chi connectivity index (χ4n) is 8.27. The van der Waals surface area contributed by atoms with Crippen LogP contribution in [0.5, 0.6) is 0 Å². The van der Waals surface area contributed by atoms with Gasteiger partial charge in [0.2, 0.25) is 0 Å². The van der Waals surface area contributed by atoms with Crippen molar-refractivity contribution in [2.24, 2.45) is 0 Å². The molecule has 240 valence electrons. The topological polar surface area (TPSA) is 25.8 Å². The number of benzene rings is 8. The standard InChI is InChI=1S/C49H34N2/c1-49(2)43-20-9-8-16-40(43)47-41(19-11-21-44(47)49)46-30-45(50-48(51-46)33-12-4-3-5-13-33)32-24-22-31(23-25-32)37-17-10-18-38-39(37)27-26-36-28-34-14-6-7-15-35(34)29-42(36)38/h3-30H,1-2H3. The summed E-state index contributed by atoms with van der Waals surface area (Å²) in [6.07, 6.45) is 0. The quantitative estimate of drug-likeness (QED) is 0.140. The third-order valence-electron chi connectivity index (χ3n) is 10.9. The summed E-state index contributed by atoms with van der Waals surface area (Å²) in [6, 6.07) is 61.3. The first kappa shape index (κ1) is 29.5. The molecule has 10 rings (SSSR count). The molecular weight excluding hydrogens is 617 g/mol. The van der Waals surface area contributed by atoms with Crippen molar-refractivity contribution in [1.29, 1.82) is 0 Å². The van der Waals surface area contributed by atoms with E-state index in [1.807, 2.05) is 6.07 Å². The van der Waals surface area contributed by atoms with E-state index in [2.05, 4.69) is 178 Å². The van der Waals surface area contributed by atoms with Crippen molar-refractivity contribution in [3.8, 4) is 56.2 Å². The molecule has 0 bridgehead atoms. The van der Waals surface area contributed by atoms with Gasteiger partial charge in [0, 0.05) is 22.1 Å². The lowest BCUT2D eigenvalue weighted by atomic mass is 9.82. The number of fused-ring (bicyclic) bond motifs is 7. The van der Waals surface area contributed by atoms with E-state index >= 15 is 0 Å². The molecule has 2 nitrogen and oxygen atoms in total. The van der Waals surface area contributed by atoms with Gasteiger partial charge in [-0.15, -0.1) is 0 Å². The summed E-state index contributed by atoms with van der Waals surface area (Å²) in [6.45, 7) is 4.65. The van der Waals surface area contributed by atoms with Crippen LogP contribution >= 0.6 is 0 Å². The maximum Gasteiger partial charge on any atom is 0.160 e. The van der Waals surface area contributed by atoms with Gasteiger partial charge in [-0.2, -0.15) is 0 Å². The molecule has 0 spiro atoms. The van der Waals surface area contributed by atoms with Crippen LogP contribution in [-0.2, 0) is 5.41 Å². The van der Waals surface area contributed by atoms with Gasteiger partial charge in [0.05, 0.1) is 11.4 Å². The van der Waals surface area contributed by atoms with E-state index < -0.39 is 0 Å². The molecule has 0 N–H and O–H groups in total. The van der Waals surface area contributed by atoms with Crippen LogP contribution in [0.2, 0.25) is 0 Å². The molecule has 0 saturated carbocycles. The predicted octanol–water partition coefficient (Wildman–Crippen LogP) is 12.9. The number of nitrogens with zero attached hydrogens (tertiary/aromatic N) is 2. The highest BCUT2D eigenvalue weighted by atomic mass is 14.9. The lowest BCUT2D eigenvalue weighted by Crippen LogP contribution is -2.14. The van der Waals surface area contributed by atoms with E-state index in [1.165, 1.54) is 65.7 Å². The first-order valence-electron chi connectivity index (χ1n) is 17.7. The molecule has 0 aliphatic heterocycles. The van der Waals surface area contributed by atoms with Crippen LogP contribution < -0.4 is 0 Å². The molecule has 1 heterocycles. The van der Waals surface area contributed by atoms with Crippen molar-refractivity contribution < 1.29 is 0 Å². The van der Waals surface area contributed by atoms with Gasteiger partial charge in [0.25, 0.3) is 0 Å². The Balaban J connectivity index is 1.10. The van der Waals surface area contributed by atoms with E-state index in [0.29, 0.717) is 0 Å². The summed E-state index contributed by atoms with van der Waals surface area (Å²) < 4.78 is 0. The zero-order valence-electron chi connectivity index (χ0n) is 28.6. The Morgan fingerprint density at radius 1 is 0.373 bits per heavy atom. The van der Waals surface area contributed by atoms with Gasteiger partial charge in [0.1, 0.15) is 0 Å². The van der Waals surface area contributed by atoms with Crippen LogP contribution in [0.4, 0.5) is 0 Å². The van der Waals surface area contributed by atoms with E-state index in [4.69, 9.17) is 9.97 Å². The number of rotatable bonds is 4. The SMILES string of the molecule is CC1(C)c2ccccc2-c2c(-c3cc(-c4ccc(-c5cccc6c5ccc5cc7ccccc7cc56)cc4)nc(-c4ccccc4)n3)cccc21.